The average molecular weight is 320 g/mol. The van der Waals surface area contributed by atoms with Gasteiger partial charge in [0.25, 0.3) is 0 Å². The number of aromatic nitrogens is 2. The zero-order valence-corrected chi connectivity index (χ0v) is 13.4. The van der Waals surface area contributed by atoms with E-state index in [1.165, 1.54) is 5.56 Å². The molecule has 1 aromatic heterocycles. The van der Waals surface area contributed by atoms with E-state index in [4.69, 9.17) is 5.73 Å². The van der Waals surface area contributed by atoms with Gasteiger partial charge in [0.15, 0.2) is 0 Å². The Bertz CT molecular complexity index is 871. The summed E-state index contributed by atoms with van der Waals surface area (Å²) >= 11 is 0. The number of benzene rings is 2. The molecule has 122 valence electrons. The van der Waals surface area contributed by atoms with E-state index in [1.807, 2.05) is 35.4 Å². The number of aromatic amines is 1. The van der Waals surface area contributed by atoms with Gasteiger partial charge in [-0.05, 0) is 35.6 Å². The molecule has 2 heterocycles. The van der Waals surface area contributed by atoms with Crippen molar-refractivity contribution in [3.8, 4) is 0 Å². The summed E-state index contributed by atoms with van der Waals surface area (Å²) in [6.45, 7) is 1.26. The van der Waals surface area contributed by atoms with E-state index in [9.17, 15) is 4.79 Å². The van der Waals surface area contributed by atoms with Gasteiger partial charge in [0, 0.05) is 18.5 Å². The molecule has 0 bridgehead atoms. The Labute approximate surface area is 140 Å². The SMILES string of the molecule is N[C@H]1Cc2ccc3[nH]ncc3c2CN(CCc2ccccc2)C1=O. The molecule has 1 atom stereocenters. The third kappa shape index (κ3) is 2.67. The molecule has 1 aliphatic heterocycles. The monoisotopic (exact) mass is 320 g/mol. The van der Waals surface area contributed by atoms with Crippen molar-refractivity contribution in [2.45, 2.75) is 25.4 Å². The molecule has 0 aliphatic carbocycles. The normalized spacial score (nSPS) is 17.8. The van der Waals surface area contributed by atoms with Crippen LogP contribution in [-0.2, 0) is 24.2 Å². The van der Waals surface area contributed by atoms with E-state index in [2.05, 4.69) is 28.4 Å². The Hall–Kier alpha value is -2.66. The Balaban J connectivity index is 1.64. The Morgan fingerprint density at radius 3 is 2.88 bits per heavy atom. The minimum Gasteiger partial charge on any atom is -0.337 e. The van der Waals surface area contributed by atoms with Crippen LogP contribution in [0.25, 0.3) is 10.9 Å². The van der Waals surface area contributed by atoms with Crippen LogP contribution in [0, 0.1) is 0 Å². The summed E-state index contributed by atoms with van der Waals surface area (Å²) in [4.78, 5) is 14.6. The molecule has 3 N–H and O–H groups in total. The predicted octanol–water partition coefficient (Wildman–Crippen LogP) is 2.02. The minimum absolute atomic E-state index is 0.0266. The van der Waals surface area contributed by atoms with Gasteiger partial charge in [0.2, 0.25) is 5.91 Å². The number of hydrogen-bond acceptors (Lipinski definition) is 3. The van der Waals surface area contributed by atoms with Crippen molar-refractivity contribution in [1.29, 1.82) is 0 Å². The lowest BCUT2D eigenvalue weighted by atomic mass is 9.99. The Kier molecular flexibility index (Phi) is 3.78. The van der Waals surface area contributed by atoms with Gasteiger partial charge in [-0.2, -0.15) is 5.10 Å². The quantitative estimate of drug-likeness (QED) is 0.775. The van der Waals surface area contributed by atoms with Crippen LogP contribution in [0.15, 0.2) is 48.7 Å². The highest BCUT2D eigenvalue weighted by molar-refractivity contribution is 5.87. The lowest BCUT2D eigenvalue weighted by molar-refractivity contribution is -0.132. The third-order valence-corrected chi connectivity index (χ3v) is 4.76. The van der Waals surface area contributed by atoms with E-state index in [-0.39, 0.29) is 5.91 Å². The van der Waals surface area contributed by atoms with Gasteiger partial charge in [0.1, 0.15) is 0 Å². The first-order valence-corrected chi connectivity index (χ1v) is 8.24. The molecule has 24 heavy (non-hydrogen) atoms. The van der Waals surface area contributed by atoms with Crippen LogP contribution in [0.3, 0.4) is 0 Å². The van der Waals surface area contributed by atoms with Gasteiger partial charge in [-0.15, -0.1) is 0 Å². The molecule has 3 aromatic rings. The van der Waals surface area contributed by atoms with Gasteiger partial charge in [-0.25, -0.2) is 0 Å². The van der Waals surface area contributed by atoms with Gasteiger partial charge < -0.3 is 10.6 Å². The van der Waals surface area contributed by atoms with Crippen LogP contribution in [0.4, 0.5) is 0 Å². The van der Waals surface area contributed by atoms with Crippen molar-refractivity contribution in [1.82, 2.24) is 15.1 Å². The van der Waals surface area contributed by atoms with Crippen LogP contribution in [0.1, 0.15) is 16.7 Å². The Morgan fingerprint density at radius 1 is 1.21 bits per heavy atom. The molecule has 0 unspecified atom stereocenters. The van der Waals surface area contributed by atoms with E-state index in [0.29, 0.717) is 19.5 Å². The van der Waals surface area contributed by atoms with E-state index >= 15 is 0 Å². The highest BCUT2D eigenvalue weighted by Crippen LogP contribution is 2.26. The molecule has 4 rings (SSSR count). The number of amides is 1. The molecule has 1 amide bonds. The molecule has 0 spiro atoms. The molecule has 0 saturated carbocycles. The molecule has 2 aromatic carbocycles. The summed E-state index contributed by atoms with van der Waals surface area (Å²) in [5, 5.41) is 8.22. The smallest absolute Gasteiger partial charge is 0.240 e. The summed E-state index contributed by atoms with van der Waals surface area (Å²) in [7, 11) is 0. The molecule has 0 fully saturated rings. The number of carbonyl (C=O) groups excluding carboxylic acids is 1. The van der Waals surface area contributed by atoms with Crippen LogP contribution >= 0.6 is 0 Å². The number of nitrogens with zero attached hydrogens (tertiary/aromatic N) is 2. The summed E-state index contributed by atoms with van der Waals surface area (Å²) < 4.78 is 0. The fourth-order valence-corrected chi connectivity index (χ4v) is 3.42. The molecule has 0 radical (unpaired) electrons. The lowest BCUT2D eigenvalue weighted by Gasteiger charge is -2.23. The first kappa shape index (κ1) is 14.9. The maximum Gasteiger partial charge on any atom is 0.240 e. The summed E-state index contributed by atoms with van der Waals surface area (Å²) in [5.41, 5.74) is 10.7. The number of nitrogens with two attached hydrogens (primary N) is 1. The fraction of sp³-hybridized carbons (Fsp3) is 0.263. The van der Waals surface area contributed by atoms with Gasteiger partial charge in [-0.3, -0.25) is 9.89 Å². The molecule has 5 heteroatoms. The number of nitrogens with one attached hydrogen (secondary N) is 1. The van der Waals surface area contributed by atoms with Crippen molar-refractivity contribution in [2.75, 3.05) is 6.54 Å². The topological polar surface area (TPSA) is 75.0 Å². The van der Waals surface area contributed by atoms with Crippen LogP contribution in [0.5, 0.6) is 0 Å². The first-order chi connectivity index (χ1) is 11.7. The molecule has 1 aliphatic rings. The second-order valence-electron chi connectivity index (χ2n) is 6.34. The van der Waals surface area contributed by atoms with E-state index < -0.39 is 6.04 Å². The van der Waals surface area contributed by atoms with Crippen molar-refractivity contribution in [3.05, 3.63) is 65.4 Å². The standard InChI is InChI=1S/C19H20N4O/c20-17-10-14-6-7-18-15(11-21-22-18)16(14)12-23(19(17)24)9-8-13-4-2-1-3-5-13/h1-7,11,17H,8-10,12,20H2,(H,21,22)/t17-/m0/s1. The second-order valence-corrected chi connectivity index (χ2v) is 6.34. The zero-order valence-electron chi connectivity index (χ0n) is 13.4. The Morgan fingerprint density at radius 2 is 2.04 bits per heavy atom. The number of carbonyl (C=O) groups is 1. The van der Waals surface area contributed by atoms with Crippen molar-refractivity contribution in [2.24, 2.45) is 5.73 Å². The number of H-pyrrole nitrogens is 1. The second kappa shape index (κ2) is 6.09. The summed E-state index contributed by atoms with van der Waals surface area (Å²) in [5.74, 6) is 0.0266. The number of rotatable bonds is 3. The van der Waals surface area contributed by atoms with Crippen LogP contribution in [-0.4, -0.2) is 33.6 Å². The first-order valence-electron chi connectivity index (χ1n) is 8.24. The van der Waals surface area contributed by atoms with Crippen molar-refractivity contribution in [3.63, 3.8) is 0 Å². The van der Waals surface area contributed by atoms with Crippen LogP contribution in [0.2, 0.25) is 0 Å². The molecular formula is C19H20N4O. The fourth-order valence-electron chi connectivity index (χ4n) is 3.42. The average Bonchev–Trinajstić information content (AvgIpc) is 3.04. The van der Waals surface area contributed by atoms with Gasteiger partial charge in [0.05, 0.1) is 17.8 Å². The number of hydrogen-bond donors (Lipinski definition) is 2. The largest absolute Gasteiger partial charge is 0.337 e. The lowest BCUT2D eigenvalue weighted by Crippen LogP contribution is -2.43. The zero-order chi connectivity index (χ0) is 16.5. The van der Waals surface area contributed by atoms with Gasteiger partial charge in [-0.1, -0.05) is 36.4 Å². The molecular weight excluding hydrogens is 300 g/mol. The summed E-state index contributed by atoms with van der Waals surface area (Å²) in [6, 6.07) is 13.8. The number of fused-ring (bicyclic) bond motifs is 3. The molecule has 0 saturated heterocycles. The van der Waals surface area contributed by atoms with Gasteiger partial charge >= 0.3 is 0 Å². The maximum atomic E-state index is 12.7. The highest BCUT2D eigenvalue weighted by Gasteiger charge is 2.27. The van der Waals surface area contributed by atoms with E-state index in [1.54, 1.807) is 0 Å². The third-order valence-electron chi connectivity index (χ3n) is 4.76. The predicted molar refractivity (Wildman–Crippen MR) is 93.3 cm³/mol. The molecule has 5 nitrogen and oxygen atoms in total. The maximum absolute atomic E-state index is 12.7. The minimum atomic E-state index is -0.480. The van der Waals surface area contributed by atoms with Crippen molar-refractivity contribution < 1.29 is 4.79 Å². The van der Waals surface area contributed by atoms with Crippen molar-refractivity contribution >= 4 is 16.8 Å². The van der Waals surface area contributed by atoms with Crippen LogP contribution < -0.4 is 5.73 Å². The highest BCUT2D eigenvalue weighted by atomic mass is 16.2. The summed E-state index contributed by atoms with van der Waals surface area (Å²) in [6.07, 6.45) is 3.25. The van der Waals surface area contributed by atoms with E-state index in [0.717, 1.165) is 28.5 Å².